The Balaban J connectivity index is 2.51. The Morgan fingerprint density at radius 3 is 2.55 bits per heavy atom. The summed E-state index contributed by atoms with van der Waals surface area (Å²) in [6, 6.07) is 0. The Hall–Kier alpha value is -0.160. The minimum Gasteiger partial charge on any atom is -0.390 e. The summed E-state index contributed by atoms with van der Waals surface area (Å²) in [6.07, 6.45) is -2.40. The molecule has 1 rings (SSSR count). The predicted octanol–water partition coefficient (Wildman–Crippen LogP) is -0.774. The van der Waals surface area contributed by atoms with Gasteiger partial charge in [-0.25, -0.2) is 0 Å². The molecular weight excluding hydrogens is 148 g/mol. The highest BCUT2D eigenvalue weighted by molar-refractivity contribution is 4.81. The molecule has 4 atom stereocenters. The van der Waals surface area contributed by atoms with Gasteiger partial charge < -0.3 is 20.1 Å². The lowest BCUT2D eigenvalue weighted by Gasteiger charge is -2.34. The third kappa shape index (κ3) is 1.90. The average molecular weight is 162 g/mol. The van der Waals surface area contributed by atoms with E-state index in [1.54, 1.807) is 0 Å². The van der Waals surface area contributed by atoms with E-state index in [4.69, 9.17) is 14.9 Å². The van der Waals surface area contributed by atoms with E-state index in [0.717, 1.165) is 0 Å². The van der Waals surface area contributed by atoms with Crippen LogP contribution in [0, 0.1) is 0 Å². The van der Waals surface area contributed by atoms with E-state index in [1.165, 1.54) is 0 Å². The van der Waals surface area contributed by atoms with E-state index in [1.807, 2.05) is 6.92 Å². The van der Waals surface area contributed by atoms with Crippen LogP contribution in [-0.4, -0.2) is 39.9 Å². The fraction of sp³-hybridized carbons (Fsp3) is 1.00. The number of hydrogen-bond acceptors (Lipinski definition) is 4. The maximum atomic E-state index is 9.27. The van der Waals surface area contributed by atoms with Gasteiger partial charge in [-0.3, -0.25) is 0 Å². The molecule has 0 radical (unpaired) electrons. The monoisotopic (exact) mass is 162 g/mol. The Kier molecular flexibility index (Phi) is 2.84. The van der Waals surface area contributed by atoms with E-state index < -0.39 is 24.6 Å². The Bertz CT molecular complexity index is 128. The van der Waals surface area contributed by atoms with Crippen molar-refractivity contribution < 1.29 is 20.1 Å². The summed E-state index contributed by atoms with van der Waals surface area (Å²) in [7, 11) is 0. The second kappa shape index (κ2) is 3.49. The zero-order valence-corrected chi connectivity index (χ0v) is 6.47. The van der Waals surface area contributed by atoms with Gasteiger partial charge in [0, 0.05) is 6.42 Å². The van der Waals surface area contributed by atoms with Crippen molar-refractivity contribution in [2.45, 2.75) is 44.4 Å². The van der Waals surface area contributed by atoms with Crippen LogP contribution in [0.5, 0.6) is 0 Å². The first kappa shape index (κ1) is 8.93. The average Bonchev–Trinajstić information content (AvgIpc) is 1.96. The number of hydrogen-bond donors (Lipinski definition) is 3. The first-order valence-electron chi connectivity index (χ1n) is 3.84. The number of ether oxygens (including phenoxy) is 1. The van der Waals surface area contributed by atoms with Crippen molar-refractivity contribution in [2.75, 3.05) is 0 Å². The van der Waals surface area contributed by atoms with Crippen LogP contribution >= 0.6 is 0 Å². The largest absolute Gasteiger partial charge is 0.390 e. The van der Waals surface area contributed by atoms with Crippen LogP contribution in [0.4, 0.5) is 0 Å². The molecule has 66 valence electrons. The molecule has 1 aliphatic rings. The zero-order chi connectivity index (χ0) is 8.43. The number of rotatable bonds is 1. The molecule has 4 nitrogen and oxygen atoms in total. The van der Waals surface area contributed by atoms with Gasteiger partial charge >= 0.3 is 0 Å². The highest BCUT2D eigenvalue weighted by Gasteiger charge is 2.34. The third-order valence-corrected chi connectivity index (χ3v) is 1.95. The lowest BCUT2D eigenvalue weighted by Crippen LogP contribution is -2.47. The second-order valence-electron chi connectivity index (χ2n) is 2.83. The first-order valence-corrected chi connectivity index (χ1v) is 3.84. The van der Waals surface area contributed by atoms with Crippen molar-refractivity contribution in [2.24, 2.45) is 0 Å². The SMILES string of the molecule is CCC1OC(O)C[C@@H](O)C1O. The van der Waals surface area contributed by atoms with Gasteiger partial charge in [-0.1, -0.05) is 6.92 Å². The summed E-state index contributed by atoms with van der Waals surface area (Å²) in [4.78, 5) is 0. The van der Waals surface area contributed by atoms with E-state index >= 15 is 0 Å². The smallest absolute Gasteiger partial charge is 0.157 e. The van der Waals surface area contributed by atoms with Crippen molar-refractivity contribution in [3.05, 3.63) is 0 Å². The second-order valence-corrected chi connectivity index (χ2v) is 2.83. The molecule has 0 aromatic rings. The quantitative estimate of drug-likeness (QED) is 0.473. The number of aliphatic hydroxyl groups is 3. The molecule has 3 unspecified atom stereocenters. The minimum absolute atomic E-state index is 0.0949. The van der Waals surface area contributed by atoms with Crippen molar-refractivity contribution in [3.8, 4) is 0 Å². The van der Waals surface area contributed by atoms with Crippen LogP contribution in [0.15, 0.2) is 0 Å². The highest BCUT2D eigenvalue weighted by Crippen LogP contribution is 2.20. The van der Waals surface area contributed by atoms with Crippen LogP contribution in [0.3, 0.4) is 0 Å². The molecule has 0 bridgehead atoms. The van der Waals surface area contributed by atoms with Crippen molar-refractivity contribution in [1.29, 1.82) is 0 Å². The molecule has 0 saturated carbocycles. The van der Waals surface area contributed by atoms with Crippen LogP contribution < -0.4 is 0 Å². The summed E-state index contributed by atoms with van der Waals surface area (Å²) in [5.41, 5.74) is 0. The summed E-state index contributed by atoms with van der Waals surface area (Å²) in [6.45, 7) is 1.83. The molecule has 0 aromatic carbocycles. The van der Waals surface area contributed by atoms with Crippen LogP contribution in [0.25, 0.3) is 0 Å². The molecule has 0 aromatic heterocycles. The molecule has 0 amide bonds. The molecule has 11 heavy (non-hydrogen) atoms. The number of aliphatic hydroxyl groups excluding tert-OH is 3. The highest BCUT2D eigenvalue weighted by atomic mass is 16.6. The molecule has 1 saturated heterocycles. The van der Waals surface area contributed by atoms with Crippen molar-refractivity contribution in [1.82, 2.24) is 0 Å². The normalized spacial score (nSPS) is 45.8. The van der Waals surface area contributed by atoms with Crippen molar-refractivity contribution >= 4 is 0 Å². The molecule has 0 aliphatic carbocycles. The summed E-state index contributed by atoms with van der Waals surface area (Å²) < 4.78 is 4.96. The Labute approximate surface area is 65.4 Å². The van der Waals surface area contributed by atoms with Gasteiger partial charge in [0.15, 0.2) is 6.29 Å². The lowest BCUT2D eigenvalue weighted by atomic mass is 10.00. The molecule has 1 aliphatic heterocycles. The van der Waals surface area contributed by atoms with E-state index in [-0.39, 0.29) is 6.42 Å². The van der Waals surface area contributed by atoms with E-state index in [0.29, 0.717) is 6.42 Å². The first-order chi connectivity index (χ1) is 5.15. The third-order valence-electron chi connectivity index (χ3n) is 1.95. The predicted molar refractivity (Wildman–Crippen MR) is 37.8 cm³/mol. The van der Waals surface area contributed by atoms with Gasteiger partial charge in [-0.05, 0) is 6.42 Å². The van der Waals surface area contributed by atoms with Crippen LogP contribution in [-0.2, 0) is 4.74 Å². The standard InChI is InChI=1S/C7H14O4/c1-2-5-7(10)4(8)3-6(9)11-5/h4-10H,2-3H2,1H3/t4-,5?,6?,7?/m1/s1. The van der Waals surface area contributed by atoms with Crippen LogP contribution in [0.1, 0.15) is 19.8 Å². The summed E-state index contributed by atoms with van der Waals surface area (Å²) >= 11 is 0. The van der Waals surface area contributed by atoms with Gasteiger partial charge in [0.05, 0.1) is 12.2 Å². The van der Waals surface area contributed by atoms with Gasteiger partial charge in [-0.2, -0.15) is 0 Å². The molecule has 3 N–H and O–H groups in total. The fourth-order valence-corrected chi connectivity index (χ4v) is 1.27. The molecule has 1 heterocycles. The van der Waals surface area contributed by atoms with E-state index in [2.05, 4.69) is 0 Å². The van der Waals surface area contributed by atoms with Gasteiger partial charge in [0.25, 0.3) is 0 Å². The Morgan fingerprint density at radius 1 is 1.36 bits per heavy atom. The van der Waals surface area contributed by atoms with Gasteiger partial charge in [-0.15, -0.1) is 0 Å². The summed E-state index contributed by atoms with van der Waals surface area (Å²) in [5.74, 6) is 0. The minimum atomic E-state index is -0.932. The van der Waals surface area contributed by atoms with Crippen LogP contribution in [0.2, 0.25) is 0 Å². The molecular formula is C7H14O4. The zero-order valence-electron chi connectivity index (χ0n) is 6.47. The molecule has 1 fully saturated rings. The molecule has 0 spiro atoms. The summed E-state index contributed by atoms with van der Waals surface area (Å²) in [5, 5.41) is 27.4. The fourth-order valence-electron chi connectivity index (χ4n) is 1.27. The maximum absolute atomic E-state index is 9.27. The Morgan fingerprint density at radius 2 is 2.00 bits per heavy atom. The van der Waals surface area contributed by atoms with Crippen molar-refractivity contribution in [3.63, 3.8) is 0 Å². The van der Waals surface area contributed by atoms with Gasteiger partial charge in [0.2, 0.25) is 0 Å². The van der Waals surface area contributed by atoms with E-state index in [9.17, 15) is 5.11 Å². The van der Waals surface area contributed by atoms with Gasteiger partial charge in [0.1, 0.15) is 6.10 Å². The maximum Gasteiger partial charge on any atom is 0.157 e. The molecule has 4 heteroatoms. The topological polar surface area (TPSA) is 69.9 Å². The lowest BCUT2D eigenvalue weighted by molar-refractivity contribution is -0.232.